The summed E-state index contributed by atoms with van der Waals surface area (Å²) in [4.78, 5) is 0. The summed E-state index contributed by atoms with van der Waals surface area (Å²) in [5.41, 5.74) is 6.42. The molecule has 5 nitrogen and oxygen atoms in total. The van der Waals surface area contributed by atoms with E-state index < -0.39 is 6.10 Å². The number of nitrogens with two attached hydrogens (primary N) is 1. The van der Waals surface area contributed by atoms with Crippen LogP contribution in [0.4, 0.5) is 5.82 Å². The van der Waals surface area contributed by atoms with Crippen molar-refractivity contribution in [1.29, 1.82) is 5.26 Å². The van der Waals surface area contributed by atoms with Crippen molar-refractivity contribution in [3.05, 3.63) is 5.56 Å². The fourth-order valence-electron chi connectivity index (χ4n) is 2.48. The van der Waals surface area contributed by atoms with E-state index in [9.17, 15) is 5.11 Å². The number of thioether (sulfide) groups is 1. The summed E-state index contributed by atoms with van der Waals surface area (Å²) in [6.07, 6.45) is 6.34. The first-order valence-corrected chi connectivity index (χ1v) is 7.41. The molecule has 0 radical (unpaired) electrons. The molecule has 1 saturated carbocycles. The first-order valence-electron chi connectivity index (χ1n) is 6.19. The highest BCUT2D eigenvalue weighted by Crippen LogP contribution is 2.33. The summed E-state index contributed by atoms with van der Waals surface area (Å²) >= 11 is 1.41. The third kappa shape index (κ3) is 2.33. The van der Waals surface area contributed by atoms with E-state index in [0.29, 0.717) is 16.4 Å². The average Bonchev–Trinajstić information content (AvgIpc) is 2.54. The Balaban J connectivity index is 2.37. The minimum absolute atomic E-state index is 0.0968. The van der Waals surface area contributed by atoms with Crippen molar-refractivity contribution < 1.29 is 5.11 Å². The Morgan fingerprint density at radius 1 is 1.44 bits per heavy atom. The van der Waals surface area contributed by atoms with Gasteiger partial charge in [-0.3, -0.25) is 0 Å². The molecule has 1 aromatic rings. The maximum Gasteiger partial charge on any atom is 0.141 e. The van der Waals surface area contributed by atoms with Gasteiger partial charge in [0, 0.05) is 0 Å². The number of aromatic nitrogens is 2. The maximum atomic E-state index is 10.2. The Hall–Kier alpha value is -1.19. The van der Waals surface area contributed by atoms with Crippen molar-refractivity contribution in [2.45, 2.75) is 49.3 Å². The van der Waals surface area contributed by atoms with Crippen LogP contribution in [0.15, 0.2) is 5.03 Å². The van der Waals surface area contributed by atoms with E-state index in [2.05, 4.69) is 11.2 Å². The first-order chi connectivity index (χ1) is 8.69. The fourth-order valence-corrected chi connectivity index (χ4v) is 3.00. The lowest BCUT2D eigenvalue weighted by Gasteiger charge is -2.21. The number of anilines is 1. The number of aliphatic hydroxyl groups excluding tert-OH is 1. The normalized spacial score (nSPS) is 24.5. The van der Waals surface area contributed by atoms with E-state index in [1.54, 1.807) is 4.68 Å². The van der Waals surface area contributed by atoms with Crippen LogP contribution in [0, 0.1) is 11.3 Å². The van der Waals surface area contributed by atoms with Gasteiger partial charge < -0.3 is 10.8 Å². The zero-order valence-corrected chi connectivity index (χ0v) is 11.3. The standard InChI is InChI=1S/C12H18N4OS/c1-18-12-8(7-13)11(14)16(15-12)9-5-3-2-4-6-10(9)17/h9-10,17H,2-6,14H2,1H3. The fraction of sp³-hybridized carbons (Fsp3) is 0.667. The zero-order valence-electron chi connectivity index (χ0n) is 10.5. The van der Waals surface area contributed by atoms with E-state index >= 15 is 0 Å². The van der Waals surface area contributed by atoms with Crippen LogP contribution in [0.25, 0.3) is 0 Å². The summed E-state index contributed by atoms with van der Waals surface area (Å²) in [7, 11) is 0. The molecule has 1 fully saturated rings. The van der Waals surface area contributed by atoms with Crippen LogP contribution >= 0.6 is 11.8 Å². The van der Waals surface area contributed by atoms with E-state index in [4.69, 9.17) is 11.0 Å². The molecule has 0 saturated heterocycles. The number of nitrogens with zero attached hydrogens (tertiary/aromatic N) is 3. The lowest BCUT2D eigenvalue weighted by Crippen LogP contribution is -2.25. The van der Waals surface area contributed by atoms with Crippen molar-refractivity contribution in [3.8, 4) is 6.07 Å². The molecule has 2 atom stereocenters. The minimum atomic E-state index is -0.420. The van der Waals surface area contributed by atoms with Crippen LogP contribution in [0.3, 0.4) is 0 Å². The molecule has 0 aliphatic heterocycles. The molecule has 1 heterocycles. The SMILES string of the molecule is CSc1nn(C2CCCCCC2O)c(N)c1C#N. The van der Waals surface area contributed by atoms with Crippen molar-refractivity contribution in [1.82, 2.24) is 9.78 Å². The molecular weight excluding hydrogens is 248 g/mol. The molecule has 6 heteroatoms. The molecule has 2 unspecified atom stereocenters. The average molecular weight is 266 g/mol. The van der Waals surface area contributed by atoms with Gasteiger partial charge in [0.25, 0.3) is 0 Å². The van der Waals surface area contributed by atoms with Gasteiger partial charge in [-0.25, -0.2) is 4.68 Å². The van der Waals surface area contributed by atoms with Gasteiger partial charge >= 0.3 is 0 Å². The molecule has 98 valence electrons. The van der Waals surface area contributed by atoms with Gasteiger partial charge in [0.2, 0.25) is 0 Å². The quantitative estimate of drug-likeness (QED) is 0.630. The van der Waals surface area contributed by atoms with Crippen molar-refractivity contribution >= 4 is 17.6 Å². The molecule has 18 heavy (non-hydrogen) atoms. The van der Waals surface area contributed by atoms with Crippen LogP contribution in [0.1, 0.15) is 43.7 Å². The second-order valence-electron chi connectivity index (χ2n) is 4.60. The molecule has 0 amide bonds. The highest BCUT2D eigenvalue weighted by molar-refractivity contribution is 7.98. The smallest absolute Gasteiger partial charge is 0.141 e. The Kier molecular flexibility index (Phi) is 4.15. The molecule has 0 bridgehead atoms. The largest absolute Gasteiger partial charge is 0.391 e. The lowest BCUT2D eigenvalue weighted by molar-refractivity contribution is 0.0996. The predicted molar refractivity (Wildman–Crippen MR) is 71.3 cm³/mol. The molecule has 1 aliphatic carbocycles. The van der Waals surface area contributed by atoms with Crippen LogP contribution in [0.5, 0.6) is 0 Å². The van der Waals surface area contributed by atoms with Crippen LogP contribution in [-0.2, 0) is 0 Å². The summed E-state index contributed by atoms with van der Waals surface area (Å²) in [6, 6.07) is 2.00. The van der Waals surface area contributed by atoms with E-state index in [0.717, 1.165) is 32.1 Å². The Bertz CT molecular complexity index is 465. The van der Waals surface area contributed by atoms with Gasteiger partial charge in [0.1, 0.15) is 22.5 Å². The van der Waals surface area contributed by atoms with Crippen molar-refractivity contribution in [2.24, 2.45) is 0 Å². The molecule has 3 N–H and O–H groups in total. The second kappa shape index (κ2) is 5.63. The Morgan fingerprint density at radius 3 is 2.78 bits per heavy atom. The van der Waals surface area contributed by atoms with Crippen LogP contribution < -0.4 is 5.73 Å². The predicted octanol–water partition coefficient (Wildman–Crippen LogP) is 1.92. The number of nitrogen functional groups attached to an aromatic ring is 1. The molecular formula is C12H18N4OS. The number of rotatable bonds is 2. The maximum absolute atomic E-state index is 10.2. The highest BCUT2D eigenvalue weighted by atomic mass is 32.2. The van der Waals surface area contributed by atoms with Gasteiger partial charge in [-0.15, -0.1) is 11.8 Å². The van der Waals surface area contributed by atoms with E-state index in [-0.39, 0.29) is 6.04 Å². The van der Waals surface area contributed by atoms with Crippen LogP contribution in [0.2, 0.25) is 0 Å². The molecule has 2 rings (SSSR count). The monoisotopic (exact) mass is 266 g/mol. The van der Waals surface area contributed by atoms with E-state index in [1.807, 2.05) is 6.26 Å². The van der Waals surface area contributed by atoms with Crippen molar-refractivity contribution in [2.75, 3.05) is 12.0 Å². The topological polar surface area (TPSA) is 87.9 Å². The second-order valence-corrected chi connectivity index (χ2v) is 5.39. The Labute approximate surface area is 111 Å². The third-order valence-electron chi connectivity index (χ3n) is 3.48. The van der Waals surface area contributed by atoms with E-state index in [1.165, 1.54) is 11.8 Å². The summed E-state index contributed by atoms with van der Waals surface area (Å²) in [5, 5.41) is 24.3. The molecule has 1 aliphatic rings. The highest BCUT2D eigenvalue weighted by Gasteiger charge is 2.27. The number of hydrogen-bond acceptors (Lipinski definition) is 5. The van der Waals surface area contributed by atoms with Gasteiger partial charge in [0.05, 0.1) is 12.1 Å². The number of aliphatic hydroxyl groups is 1. The summed E-state index contributed by atoms with van der Waals surface area (Å²) in [6.45, 7) is 0. The van der Waals surface area contributed by atoms with Gasteiger partial charge in [-0.2, -0.15) is 10.4 Å². The zero-order chi connectivity index (χ0) is 13.1. The lowest BCUT2D eigenvalue weighted by atomic mass is 10.1. The molecule has 0 aromatic carbocycles. The van der Waals surface area contributed by atoms with Crippen molar-refractivity contribution in [3.63, 3.8) is 0 Å². The summed E-state index contributed by atoms with van der Waals surface area (Å²) < 4.78 is 1.65. The third-order valence-corrected chi connectivity index (χ3v) is 4.15. The van der Waals surface area contributed by atoms with Gasteiger partial charge in [0.15, 0.2) is 0 Å². The first kappa shape index (κ1) is 13.2. The number of hydrogen-bond donors (Lipinski definition) is 2. The minimum Gasteiger partial charge on any atom is -0.391 e. The van der Waals surface area contributed by atoms with Crippen LogP contribution in [-0.4, -0.2) is 27.2 Å². The van der Waals surface area contributed by atoms with Gasteiger partial charge in [-0.1, -0.05) is 19.3 Å². The number of nitriles is 1. The van der Waals surface area contributed by atoms with Gasteiger partial charge in [-0.05, 0) is 19.1 Å². The molecule has 0 spiro atoms. The Morgan fingerprint density at radius 2 is 2.17 bits per heavy atom. The summed E-state index contributed by atoms with van der Waals surface area (Å²) in [5.74, 6) is 0.382. The molecule has 1 aromatic heterocycles.